The van der Waals surface area contributed by atoms with Crippen LogP contribution in [0, 0.1) is 0 Å². The number of rotatable bonds is 6. The Hall–Kier alpha value is -2.36. The van der Waals surface area contributed by atoms with Gasteiger partial charge in [-0.15, -0.1) is 0 Å². The lowest BCUT2D eigenvalue weighted by atomic mass is 10.2. The minimum Gasteiger partial charge on any atom is -0.508 e. The van der Waals surface area contributed by atoms with Gasteiger partial charge in [0.2, 0.25) is 0 Å². The molecule has 20 heavy (non-hydrogen) atoms. The van der Waals surface area contributed by atoms with Crippen LogP contribution in [0.2, 0.25) is 0 Å². The lowest BCUT2D eigenvalue weighted by molar-refractivity contribution is 0.326. The highest BCUT2D eigenvalue weighted by atomic mass is 16.5. The molecule has 0 unspecified atom stereocenters. The molecule has 0 heterocycles. The molecule has 2 aromatic rings. The third-order valence-electron chi connectivity index (χ3n) is 3.11. The van der Waals surface area contributed by atoms with Crippen molar-refractivity contribution in [3.05, 3.63) is 48.5 Å². The van der Waals surface area contributed by atoms with Gasteiger partial charge in [0.05, 0.1) is 12.2 Å². The predicted molar refractivity (Wildman–Crippen MR) is 82.3 cm³/mol. The van der Waals surface area contributed by atoms with E-state index in [1.54, 1.807) is 12.1 Å². The van der Waals surface area contributed by atoms with Crippen molar-refractivity contribution in [3.63, 3.8) is 0 Å². The number of aromatic hydroxyl groups is 1. The zero-order valence-corrected chi connectivity index (χ0v) is 11.6. The average molecular weight is 272 g/mol. The van der Waals surface area contributed by atoms with Gasteiger partial charge < -0.3 is 20.5 Å². The zero-order valence-electron chi connectivity index (χ0n) is 11.6. The van der Waals surface area contributed by atoms with E-state index in [1.165, 1.54) is 0 Å². The lowest BCUT2D eigenvalue weighted by Crippen LogP contribution is -2.28. The van der Waals surface area contributed by atoms with Crippen molar-refractivity contribution in [1.82, 2.24) is 0 Å². The molecule has 0 saturated heterocycles. The van der Waals surface area contributed by atoms with E-state index < -0.39 is 0 Å². The van der Waals surface area contributed by atoms with E-state index in [2.05, 4.69) is 11.8 Å². The molecular weight excluding hydrogens is 252 g/mol. The van der Waals surface area contributed by atoms with Gasteiger partial charge in [-0.2, -0.15) is 0 Å². The van der Waals surface area contributed by atoms with Crippen molar-refractivity contribution in [2.24, 2.45) is 0 Å². The van der Waals surface area contributed by atoms with Crippen LogP contribution in [-0.2, 0) is 0 Å². The molecule has 0 amide bonds. The lowest BCUT2D eigenvalue weighted by Gasteiger charge is -2.23. The summed E-state index contributed by atoms with van der Waals surface area (Å²) >= 11 is 0. The minimum absolute atomic E-state index is 0.272. The predicted octanol–water partition coefficient (Wildman–Crippen LogP) is 2.88. The Morgan fingerprint density at radius 3 is 2.65 bits per heavy atom. The van der Waals surface area contributed by atoms with Crippen LogP contribution in [0.1, 0.15) is 6.92 Å². The van der Waals surface area contributed by atoms with Gasteiger partial charge in [0.1, 0.15) is 18.1 Å². The summed E-state index contributed by atoms with van der Waals surface area (Å²) in [7, 11) is 0. The number of nitrogens with two attached hydrogens (primary N) is 1. The van der Waals surface area contributed by atoms with Crippen LogP contribution in [0.4, 0.5) is 11.4 Å². The summed E-state index contributed by atoms with van der Waals surface area (Å²) in [6.45, 7) is 4.18. The summed E-state index contributed by atoms with van der Waals surface area (Å²) in [4.78, 5) is 2.14. The molecule has 0 saturated carbocycles. The van der Waals surface area contributed by atoms with Gasteiger partial charge in [0.25, 0.3) is 0 Å². The molecule has 2 aromatic carbocycles. The molecule has 3 N–H and O–H groups in total. The van der Waals surface area contributed by atoms with Gasteiger partial charge in [-0.25, -0.2) is 0 Å². The quantitative estimate of drug-likeness (QED) is 0.794. The summed E-state index contributed by atoms with van der Waals surface area (Å²) in [5.74, 6) is 0.980. The molecule has 0 aliphatic rings. The second-order valence-electron chi connectivity index (χ2n) is 4.49. The smallest absolute Gasteiger partial charge is 0.142 e. The third kappa shape index (κ3) is 3.57. The number of anilines is 2. The van der Waals surface area contributed by atoms with Crippen molar-refractivity contribution < 1.29 is 9.84 Å². The fourth-order valence-corrected chi connectivity index (χ4v) is 2.04. The topological polar surface area (TPSA) is 58.7 Å². The molecule has 0 spiro atoms. The van der Waals surface area contributed by atoms with Gasteiger partial charge in [-0.3, -0.25) is 0 Å². The average Bonchev–Trinajstić information content (AvgIpc) is 2.45. The first-order valence-corrected chi connectivity index (χ1v) is 6.72. The number of benzene rings is 2. The summed E-state index contributed by atoms with van der Waals surface area (Å²) < 4.78 is 5.69. The molecule has 106 valence electrons. The maximum absolute atomic E-state index is 9.52. The maximum Gasteiger partial charge on any atom is 0.142 e. The zero-order chi connectivity index (χ0) is 14.4. The Bertz CT molecular complexity index is 558. The molecule has 0 aliphatic heterocycles. The second kappa shape index (κ2) is 6.70. The van der Waals surface area contributed by atoms with E-state index in [1.807, 2.05) is 36.4 Å². The van der Waals surface area contributed by atoms with E-state index in [4.69, 9.17) is 10.5 Å². The molecule has 0 aliphatic carbocycles. The number of para-hydroxylation sites is 2. The minimum atomic E-state index is 0.272. The number of ether oxygens (including phenoxy) is 1. The van der Waals surface area contributed by atoms with Crippen molar-refractivity contribution in [1.29, 1.82) is 0 Å². The Labute approximate surface area is 119 Å². The first-order valence-electron chi connectivity index (χ1n) is 6.72. The number of phenolic OH excluding ortho intramolecular Hbond substituents is 1. The fraction of sp³-hybridized carbons (Fsp3) is 0.250. The highest BCUT2D eigenvalue weighted by Crippen LogP contribution is 2.21. The van der Waals surface area contributed by atoms with Gasteiger partial charge >= 0.3 is 0 Å². The van der Waals surface area contributed by atoms with E-state index >= 15 is 0 Å². The van der Waals surface area contributed by atoms with Crippen LogP contribution in [0.5, 0.6) is 11.5 Å². The molecule has 0 aromatic heterocycles. The van der Waals surface area contributed by atoms with Crippen LogP contribution >= 0.6 is 0 Å². The van der Waals surface area contributed by atoms with Crippen LogP contribution < -0.4 is 15.4 Å². The van der Waals surface area contributed by atoms with Gasteiger partial charge in [-0.05, 0) is 31.2 Å². The molecule has 4 nitrogen and oxygen atoms in total. The van der Waals surface area contributed by atoms with Crippen LogP contribution in [-0.4, -0.2) is 24.8 Å². The highest BCUT2D eigenvalue weighted by Gasteiger charge is 2.06. The Morgan fingerprint density at radius 1 is 1.15 bits per heavy atom. The van der Waals surface area contributed by atoms with Gasteiger partial charge in [0.15, 0.2) is 0 Å². The third-order valence-corrected chi connectivity index (χ3v) is 3.11. The molecule has 0 radical (unpaired) electrons. The van der Waals surface area contributed by atoms with Gasteiger partial charge in [0, 0.05) is 18.3 Å². The molecule has 2 rings (SSSR count). The molecule has 0 fully saturated rings. The van der Waals surface area contributed by atoms with Crippen molar-refractivity contribution >= 4 is 11.4 Å². The first kappa shape index (κ1) is 14.1. The van der Waals surface area contributed by atoms with E-state index in [0.29, 0.717) is 18.0 Å². The number of phenols is 1. The van der Waals surface area contributed by atoms with Crippen LogP contribution in [0.15, 0.2) is 48.5 Å². The van der Waals surface area contributed by atoms with Crippen LogP contribution in [0.25, 0.3) is 0 Å². The number of likely N-dealkylation sites (N-methyl/N-ethyl adjacent to an activating group) is 1. The Balaban J connectivity index is 1.93. The van der Waals surface area contributed by atoms with Crippen LogP contribution in [0.3, 0.4) is 0 Å². The molecule has 0 atom stereocenters. The normalized spacial score (nSPS) is 10.2. The second-order valence-corrected chi connectivity index (χ2v) is 4.49. The monoisotopic (exact) mass is 272 g/mol. The van der Waals surface area contributed by atoms with Crippen molar-refractivity contribution in [2.45, 2.75) is 6.92 Å². The van der Waals surface area contributed by atoms with Crippen molar-refractivity contribution in [3.8, 4) is 11.5 Å². The molecular formula is C16H20N2O2. The first-order chi connectivity index (χ1) is 9.70. The Kier molecular flexibility index (Phi) is 4.71. The number of nitrogens with zero attached hydrogens (tertiary/aromatic N) is 1. The van der Waals surface area contributed by atoms with Crippen molar-refractivity contribution in [2.75, 3.05) is 30.3 Å². The SMILES string of the molecule is CCN(CCOc1ccccc1N)c1cccc(O)c1. The highest BCUT2D eigenvalue weighted by molar-refractivity contribution is 5.52. The standard InChI is InChI=1S/C16H20N2O2/c1-2-18(13-6-5-7-14(19)12-13)10-11-20-16-9-4-3-8-15(16)17/h3-9,12,19H,2,10-11,17H2,1H3. The molecule has 4 heteroatoms. The summed E-state index contributed by atoms with van der Waals surface area (Å²) in [6.07, 6.45) is 0. The number of hydrogen-bond acceptors (Lipinski definition) is 4. The summed E-state index contributed by atoms with van der Waals surface area (Å²) in [5.41, 5.74) is 7.46. The largest absolute Gasteiger partial charge is 0.508 e. The Morgan fingerprint density at radius 2 is 1.95 bits per heavy atom. The number of nitrogen functional groups attached to an aromatic ring is 1. The van der Waals surface area contributed by atoms with E-state index in [0.717, 1.165) is 18.8 Å². The van der Waals surface area contributed by atoms with Gasteiger partial charge in [-0.1, -0.05) is 18.2 Å². The summed E-state index contributed by atoms with van der Waals surface area (Å²) in [6, 6.07) is 14.7. The van der Waals surface area contributed by atoms with E-state index in [9.17, 15) is 5.11 Å². The number of hydrogen-bond donors (Lipinski definition) is 2. The summed E-state index contributed by atoms with van der Waals surface area (Å²) in [5, 5.41) is 9.52. The van der Waals surface area contributed by atoms with E-state index in [-0.39, 0.29) is 5.75 Å². The molecule has 0 bridgehead atoms. The fourth-order valence-electron chi connectivity index (χ4n) is 2.04. The maximum atomic E-state index is 9.52.